The van der Waals surface area contributed by atoms with Crippen LogP contribution in [0, 0.1) is 11.3 Å². The Hall–Kier alpha value is -0.770. The number of aliphatic carboxylic acids is 1. The van der Waals surface area contributed by atoms with Gasteiger partial charge in [0.1, 0.15) is 4.75 Å². The van der Waals surface area contributed by atoms with Crippen LogP contribution in [0.2, 0.25) is 0 Å². The second-order valence-corrected chi connectivity index (χ2v) is 8.70. The molecule has 0 radical (unpaired) electrons. The molecule has 3 nitrogen and oxygen atoms in total. The SMILES string of the molecule is CC(C#N)(CCC(=O)O)SSSCc1ccccc1. The Morgan fingerprint density at radius 3 is 2.68 bits per heavy atom. The predicted molar refractivity (Wildman–Crippen MR) is 83.8 cm³/mol. The van der Waals surface area contributed by atoms with Crippen LogP contribution in [0.5, 0.6) is 0 Å². The molecule has 0 aliphatic heterocycles. The third-order valence-corrected chi connectivity index (χ3v) is 7.09. The number of carboxylic acid groups (broad SMARTS) is 1. The van der Waals surface area contributed by atoms with E-state index in [2.05, 4.69) is 18.2 Å². The minimum absolute atomic E-state index is 0.0287. The van der Waals surface area contributed by atoms with Gasteiger partial charge >= 0.3 is 5.97 Å². The van der Waals surface area contributed by atoms with Gasteiger partial charge in [0.25, 0.3) is 0 Å². The Bertz CT molecular complexity index is 447. The first-order chi connectivity index (χ1) is 9.06. The fourth-order valence-electron chi connectivity index (χ4n) is 1.23. The number of carboxylic acids is 1. The van der Waals surface area contributed by atoms with E-state index in [1.54, 1.807) is 27.5 Å². The van der Waals surface area contributed by atoms with Gasteiger partial charge in [0.15, 0.2) is 0 Å². The molecule has 6 heteroatoms. The first kappa shape index (κ1) is 16.3. The van der Waals surface area contributed by atoms with E-state index in [0.717, 1.165) is 5.75 Å². The molecule has 0 saturated carbocycles. The molecule has 0 aliphatic carbocycles. The molecule has 0 aliphatic rings. The van der Waals surface area contributed by atoms with E-state index in [-0.39, 0.29) is 6.42 Å². The highest BCUT2D eigenvalue weighted by molar-refractivity contribution is 9.09. The van der Waals surface area contributed by atoms with Crippen molar-refractivity contribution in [1.29, 1.82) is 5.26 Å². The van der Waals surface area contributed by atoms with E-state index in [0.29, 0.717) is 6.42 Å². The molecule has 1 unspecified atom stereocenters. The van der Waals surface area contributed by atoms with Gasteiger partial charge in [-0.15, -0.1) is 0 Å². The van der Waals surface area contributed by atoms with Gasteiger partial charge in [0, 0.05) is 12.2 Å². The molecule has 1 rings (SSSR count). The van der Waals surface area contributed by atoms with Crippen LogP contribution in [0.15, 0.2) is 30.3 Å². The van der Waals surface area contributed by atoms with Crippen LogP contribution in [0.4, 0.5) is 0 Å². The van der Waals surface area contributed by atoms with Gasteiger partial charge in [0.05, 0.1) is 6.07 Å². The smallest absolute Gasteiger partial charge is 0.303 e. The monoisotopic (exact) mass is 313 g/mol. The van der Waals surface area contributed by atoms with Crippen LogP contribution in [0.1, 0.15) is 25.3 Å². The summed E-state index contributed by atoms with van der Waals surface area (Å²) in [6.45, 7) is 1.79. The number of carbonyl (C=O) groups is 1. The summed E-state index contributed by atoms with van der Waals surface area (Å²) in [5.41, 5.74) is 1.24. The molecular formula is C13H15NO2S3. The normalized spacial score (nSPS) is 13.5. The fraction of sp³-hybridized carbons (Fsp3) is 0.385. The van der Waals surface area contributed by atoms with Gasteiger partial charge < -0.3 is 5.11 Å². The lowest BCUT2D eigenvalue weighted by Gasteiger charge is -2.18. The largest absolute Gasteiger partial charge is 0.481 e. The summed E-state index contributed by atoms with van der Waals surface area (Å²) < 4.78 is -0.646. The van der Waals surface area contributed by atoms with Crippen molar-refractivity contribution in [2.24, 2.45) is 0 Å². The lowest BCUT2D eigenvalue weighted by molar-refractivity contribution is -0.137. The van der Waals surface area contributed by atoms with Crippen LogP contribution >= 0.6 is 31.4 Å². The molecule has 0 aromatic heterocycles. The molecule has 0 saturated heterocycles. The maximum Gasteiger partial charge on any atom is 0.303 e. The van der Waals surface area contributed by atoms with Gasteiger partial charge in [0.2, 0.25) is 0 Å². The van der Waals surface area contributed by atoms with Crippen molar-refractivity contribution in [2.45, 2.75) is 30.3 Å². The molecule has 1 aromatic carbocycles. The fourth-order valence-corrected chi connectivity index (χ4v) is 5.75. The summed E-state index contributed by atoms with van der Waals surface area (Å²) in [6.07, 6.45) is 0.392. The number of nitrogens with zero attached hydrogens (tertiary/aromatic N) is 1. The number of hydrogen-bond donors (Lipinski definition) is 1. The molecule has 0 bridgehead atoms. The van der Waals surface area contributed by atoms with Crippen molar-refractivity contribution in [1.82, 2.24) is 0 Å². The van der Waals surface area contributed by atoms with E-state index in [1.807, 2.05) is 18.2 Å². The number of rotatable bonds is 8. The topological polar surface area (TPSA) is 61.1 Å². The number of nitriles is 1. The molecule has 0 heterocycles. The highest BCUT2D eigenvalue weighted by Gasteiger charge is 2.26. The number of hydrogen-bond acceptors (Lipinski definition) is 5. The third-order valence-electron chi connectivity index (χ3n) is 2.39. The molecule has 19 heavy (non-hydrogen) atoms. The van der Waals surface area contributed by atoms with Crippen LogP contribution in [-0.4, -0.2) is 15.8 Å². The molecule has 0 amide bonds. The highest BCUT2D eigenvalue weighted by atomic mass is 33.5. The second kappa shape index (κ2) is 8.41. The Labute approximate surface area is 125 Å². The van der Waals surface area contributed by atoms with Gasteiger partial charge in [-0.3, -0.25) is 4.79 Å². The molecule has 0 fully saturated rings. The van der Waals surface area contributed by atoms with Gasteiger partial charge in [-0.2, -0.15) is 5.26 Å². The van der Waals surface area contributed by atoms with E-state index in [9.17, 15) is 4.79 Å². The Balaban J connectivity index is 2.30. The Morgan fingerprint density at radius 2 is 2.11 bits per heavy atom. The van der Waals surface area contributed by atoms with E-state index in [1.165, 1.54) is 16.4 Å². The van der Waals surface area contributed by atoms with E-state index < -0.39 is 10.7 Å². The van der Waals surface area contributed by atoms with E-state index in [4.69, 9.17) is 10.4 Å². The minimum Gasteiger partial charge on any atom is -0.481 e. The highest BCUT2D eigenvalue weighted by Crippen LogP contribution is 2.46. The second-order valence-electron chi connectivity index (χ2n) is 4.14. The van der Waals surface area contributed by atoms with Crippen LogP contribution in [0.25, 0.3) is 0 Å². The minimum atomic E-state index is -0.857. The molecule has 1 atom stereocenters. The summed E-state index contributed by atoms with van der Waals surface area (Å²) in [7, 11) is 4.65. The summed E-state index contributed by atoms with van der Waals surface area (Å²) in [5.74, 6) is 0.0166. The summed E-state index contributed by atoms with van der Waals surface area (Å²) in [6, 6.07) is 12.3. The van der Waals surface area contributed by atoms with E-state index >= 15 is 0 Å². The quantitative estimate of drug-likeness (QED) is 0.568. The summed E-state index contributed by atoms with van der Waals surface area (Å²) in [4.78, 5) is 10.5. The standard InChI is InChI=1S/C13H15NO2S3/c1-13(10-14,8-7-12(15)16)18-19-17-9-11-5-3-2-4-6-11/h2-6H,7-9H2,1H3,(H,15,16). The van der Waals surface area contributed by atoms with Crippen molar-refractivity contribution in [2.75, 3.05) is 0 Å². The lowest BCUT2D eigenvalue weighted by Crippen LogP contribution is -2.17. The van der Waals surface area contributed by atoms with Crippen molar-refractivity contribution < 1.29 is 9.90 Å². The molecular weight excluding hydrogens is 298 g/mol. The van der Waals surface area contributed by atoms with Crippen molar-refractivity contribution in [3.8, 4) is 6.07 Å². The maximum absolute atomic E-state index is 10.5. The maximum atomic E-state index is 10.5. The van der Waals surface area contributed by atoms with Crippen molar-refractivity contribution >= 4 is 37.4 Å². The first-order valence-corrected chi connectivity index (χ1v) is 9.35. The Morgan fingerprint density at radius 1 is 1.42 bits per heavy atom. The first-order valence-electron chi connectivity index (χ1n) is 5.70. The van der Waals surface area contributed by atoms with Crippen LogP contribution in [-0.2, 0) is 10.5 Å². The molecule has 102 valence electrons. The average molecular weight is 313 g/mol. The van der Waals surface area contributed by atoms with Crippen LogP contribution < -0.4 is 0 Å². The zero-order valence-electron chi connectivity index (χ0n) is 10.5. The molecule has 1 aromatic rings. The summed E-state index contributed by atoms with van der Waals surface area (Å²) >= 11 is 0. The lowest BCUT2D eigenvalue weighted by atomic mass is 10.1. The zero-order valence-corrected chi connectivity index (χ0v) is 13.0. The summed E-state index contributed by atoms with van der Waals surface area (Å²) in [5, 5.41) is 17.8. The third kappa shape index (κ3) is 6.81. The zero-order chi connectivity index (χ0) is 14.1. The van der Waals surface area contributed by atoms with Gasteiger partial charge in [-0.25, -0.2) is 0 Å². The van der Waals surface area contributed by atoms with Gasteiger partial charge in [-0.05, 0) is 28.7 Å². The Kier molecular flexibility index (Phi) is 7.21. The van der Waals surface area contributed by atoms with Gasteiger partial charge in [-0.1, -0.05) is 51.9 Å². The predicted octanol–water partition coefficient (Wildman–Crippen LogP) is 4.36. The van der Waals surface area contributed by atoms with Crippen molar-refractivity contribution in [3.63, 3.8) is 0 Å². The average Bonchev–Trinajstić information content (AvgIpc) is 2.43. The molecule has 1 N–H and O–H groups in total. The van der Waals surface area contributed by atoms with Crippen molar-refractivity contribution in [3.05, 3.63) is 35.9 Å². The van der Waals surface area contributed by atoms with Crippen LogP contribution in [0.3, 0.4) is 0 Å². The number of benzene rings is 1. The molecule has 0 spiro atoms.